The molecule has 21 heavy (non-hydrogen) atoms. The molecule has 0 saturated carbocycles. The predicted molar refractivity (Wildman–Crippen MR) is 86.4 cm³/mol. The van der Waals surface area contributed by atoms with Crippen molar-refractivity contribution in [2.45, 2.75) is 13.5 Å². The highest BCUT2D eigenvalue weighted by atomic mass is 16.5. The molecule has 0 aliphatic rings. The zero-order valence-corrected chi connectivity index (χ0v) is 12.1. The van der Waals surface area contributed by atoms with Crippen molar-refractivity contribution in [2.24, 2.45) is 0 Å². The van der Waals surface area contributed by atoms with Crippen LogP contribution in [0.2, 0.25) is 0 Å². The van der Waals surface area contributed by atoms with Gasteiger partial charge in [-0.05, 0) is 29.2 Å². The van der Waals surface area contributed by atoms with Gasteiger partial charge in [-0.1, -0.05) is 67.3 Å². The standard InChI is InChI=1S/C19H18O2/c1-3-19(20)21-14-17-9-11-18(12-10-17)15(2)13-16-7-5-4-6-8-16/h3-13H,1,14H2,2H3/b15-13+. The van der Waals surface area contributed by atoms with Gasteiger partial charge in [0, 0.05) is 6.08 Å². The lowest BCUT2D eigenvalue weighted by atomic mass is 10.0. The van der Waals surface area contributed by atoms with Gasteiger partial charge < -0.3 is 4.74 Å². The molecule has 0 N–H and O–H groups in total. The van der Waals surface area contributed by atoms with Crippen molar-refractivity contribution >= 4 is 17.6 Å². The largest absolute Gasteiger partial charge is 0.458 e. The molecule has 2 heteroatoms. The van der Waals surface area contributed by atoms with Crippen LogP contribution in [-0.2, 0) is 16.1 Å². The molecule has 2 nitrogen and oxygen atoms in total. The van der Waals surface area contributed by atoms with E-state index in [0.717, 1.165) is 11.1 Å². The third-order valence-corrected chi connectivity index (χ3v) is 3.14. The molecule has 0 unspecified atom stereocenters. The van der Waals surface area contributed by atoms with Gasteiger partial charge in [0.1, 0.15) is 6.61 Å². The summed E-state index contributed by atoms with van der Waals surface area (Å²) in [6.45, 7) is 5.72. The second kappa shape index (κ2) is 7.25. The lowest BCUT2D eigenvalue weighted by molar-refractivity contribution is -0.138. The summed E-state index contributed by atoms with van der Waals surface area (Å²) in [6.07, 6.45) is 3.31. The maximum Gasteiger partial charge on any atom is 0.330 e. The number of hydrogen-bond donors (Lipinski definition) is 0. The zero-order chi connectivity index (χ0) is 15.1. The number of hydrogen-bond acceptors (Lipinski definition) is 2. The Morgan fingerprint density at radius 1 is 1.10 bits per heavy atom. The SMILES string of the molecule is C=CC(=O)OCc1ccc(/C(C)=C/c2ccccc2)cc1. The Morgan fingerprint density at radius 2 is 1.76 bits per heavy atom. The molecule has 0 heterocycles. The molecule has 0 aromatic heterocycles. The van der Waals surface area contributed by atoms with E-state index in [-0.39, 0.29) is 6.61 Å². The molecular formula is C19H18O2. The van der Waals surface area contributed by atoms with Gasteiger partial charge in [0.15, 0.2) is 0 Å². The smallest absolute Gasteiger partial charge is 0.330 e. The van der Waals surface area contributed by atoms with E-state index in [1.54, 1.807) is 0 Å². The first-order valence-corrected chi connectivity index (χ1v) is 6.81. The highest BCUT2D eigenvalue weighted by Crippen LogP contribution is 2.18. The molecule has 0 amide bonds. The summed E-state index contributed by atoms with van der Waals surface area (Å²) in [7, 11) is 0. The number of rotatable bonds is 5. The Bertz CT molecular complexity index is 637. The average molecular weight is 278 g/mol. The monoisotopic (exact) mass is 278 g/mol. The number of benzene rings is 2. The van der Waals surface area contributed by atoms with E-state index in [4.69, 9.17) is 4.74 Å². The third-order valence-electron chi connectivity index (χ3n) is 3.14. The van der Waals surface area contributed by atoms with E-state index in [0.29, 0.717) is 0 Å². The Morgan fingerprint density at radius 3 is 2.38 bits per heavy atom. The van der Waals surface area contributed by atoms with Crippen molar-refractivity contribution in [2.75, 3.05) is 0 Å². The number of ether oxygens (including phenoxy) is 1. The molecule has 0 bridgehead atoms. The molecule has 2 aromatic carbocycles. The van der Waals surface area contributed by atoms with Crippen LogP contribution in [0.4, 0.5) is 0 Å². The van der Waals surface area contributed by atoms with Crippen molar-refractivity contribution in [3.05, 3.63) is 83.9 Å². The number of carbonyl (C=O) groups excluding carboxylic acids is 1. The molecular weight excluding hydrogens is 260 g/mol. The first-order chi connectivity index (χ1) is 10.2. The van der Waals surface area contributed by atoms with Crippen molar-refractivity contribution in [1.82, 2.24) is 0 Å². The van der Waals surface area contributed by atoms with Gasteiger partial charge in [-0.2, -0.15) is 0 Å². The van der Waals surface area contributed by atoms with E-state index < -0.39 is 5.97 Å². The fraction of sp³-hybridized carbons (Fsp3) is 0.105. The Balaban J connectivity index is 2.06. The van der Waals surface area contributed by atoms with E-state index in [1.807, 2.05) is 42.5 Å². The second-order valence-electron chi connectivity index (χ2n) is 4.75. The van der Waals surface area contributed by atoms with Crippen LogP contribution in [0.5, 0.6) is 0 Å². The minimum atomic E-state index is -0.403. The topological polar surface area (TPSA) is 26.3 Å². The van der Waals surface area contributed by atoms with Gasteiger partial charge in [-0.25, -0.2) is 4.79 Å². The Labute approximate surface area is 125 Å². The molecule has 106 valence electrons. The zero-order valence-electron chi connectivity index (χ0n) is 12.1. The molecule has 2 rings (SSSR count). The van der Waals surface area contributed by atoms with E-state index >= 15 is 0 Å². The third kappa shape index (κ3) is 4.46. The summed E-state index contributed by atoms with van der Waals surface area (Å²) in [5, 5.41) is 0. The lowest BCUT2D eigenvalue weighted by Crippen LogP contribution is -2.00. The van der Waals surface area contributed by atoms with Crippen molar-refractivity contribution < 1.29 is 9.53 Å². The highest BCUT2D eigenvalue weighted by Gasteiger charge is 2.00. The van der Waals surface area contributed by atoms with Crippen LogP contribution in [0.3, 0.4) is 0 Å². The van der Waals surface area contributed by atoms with Gasteiger partial charge >= 0.3 is 5.97 Å². The minimum Gasteiger partial charge on any atom is -0.458 e. The fourth-order valence-electron chi connectivity index (χ4n) is 1.96. The van der Waals surface area contributed by atoms with Crippen molar-refractivity contribution in [3.8, 4) is 0 Å². The Hall–Kier alpha value is -2.61. The summed E-state index contributed by atoms with van der Waals surface area (Å²) < 4.78 is 5.00. The predicted octanol–water partition coefficient (Wildman–Crippen LogP) is 4.48. The van der Waals surface area contributed by atoms with Crippen molar-refractivity contribution in [1.29, 1.82) is 0 Å². The number of allylic oxidation sites excluding steroid dienone is 1. The molecule has 0 radical (unpaired) electrons. The summed E-state index contributed by atoms with van der Waals surface area (Å²) in [4.78, 5) is 11.0. The molecule has 0 atom stereocenters. The van der Waals surface area contributed by atoms with Gasteiger partial charge in [0.05, 0.1) is 0 Å². The van der Waals surface area contributed by atoms with Gasteiger partial charge in [-0.3, -0.25) is 0 Å². The number of esters is 1. The molecule has 0 aliphatic heterocycles. The van der Waals surface area contributed by atoms with Crippen LogP contribution in [-0.4, -0.2) is 5.97 Å². The minimum absolute atomic E-state index is 0.270. The van der Waals surface area contributed by atoms with Gasteiger partial charge in [0.25, 0.3) is 0 Å². The van der Waals surface area contributed by atoms with Crippen LogP contribution in [0, 0.1) is 0 Å². The van der Waals surface area contributed by atoms with Crippen LogP contribution >= 0.6 is 0 Å². The first kappa shape index (κ1) is 14.8. The summed E-state index contributed by atoms with van der Waals surface area (Å²) >= 11 is 0. The number of carbonyl (C=O) groups is 1. The Kier molecular flexibility index (Phi) is 5.10. The summed E-state index contributed by atoms with van der Waals surface area (Å²) in [6, 6.07) is 18.2. The lowest BCUT2D eigenvalue weighted by Gasteiger charge is -2.05. The quantitative estimate of drug-likeness (QED) is 0.458. The molecule has 0 spiro atoms. The molecule has 0 fully saturated rings. The van der Waals surface area contributed by atoms with Crippen LogP contribution < -0.4 is 0 Å². The van der Waals surface area contributed by atoms with E-state index in [2.05, 4.69) is 31.7 Å². The van der Waals surface area contributed by atoms with Crippen LogP contribution in [0.25, 0.3) is 11.6 Å². The fourth-order valence-corrected chi connectivity index (χ4v) is 1.96. The summed E-state index contributed by atoms with van der Waals surface area (Å²) in [5.74, 6) is -0.403. The van der Waals surface area contributed by atoms with Gasteiger partial charge in [0.2, 0.25) is 0 Å². The average Bonchev–Trinajstić information content (AvgIpc) is 2.54. The molecule has 0 saturated heterocycles. The molecule has 0 aliphatic carbocycles. The van der Waals surface area contributed by atoms with E-state index in [1.165, 1.54) is 17.2 Å². The maximum absolute atomic E-state index is 11.0. The molecule has 2 aromatic rings. The maximum atomic E-state index is 11.0. The highest BCUT2D eigenvalue weighted by molar-refractivity contribution is 5.81. The van der Waals surface area contributed by atoms with Crippen LogP contribution in [0.1, 0.15) is 23.6 Å². The first-order valence-electron chi connectivity index (χ1n) is 6.81. The van der Waals surface area contributed by atoms with E-state index in [9.17, 15) is 4.79 Å². The summed E-state index contributed by atoms with van der Waals surface area (Å²) in [5.41, 5.74) is 4.48. The second-order valence-corrected chi connectivity index (χ2v) is 4.75. The van der Waals surface area contributed by atoms with Crippen molar-refractivity contribution in [3.63, 3.8) is 0 Å². The normalized spacial score (nSPS) is 11.0. The van der Waals surface area contributed by atoms with Crippen LogP contribution in [0.15, 0.2) is 67.3 Å². The van der Waals surface area contributed by atoms with Gasteiger partial charge in [-0.15, -0.1) is 0 Å².